The molecule has 1 fully saturated rings. The van der Waals surface area contributed by atoms with Crippen molar-refractivity contribution < 1.29 is 33.0 Å². The van der Waals surface area contributed by atoms with E-state index in [4.69, 9.17) is 19.8 Å². The summed E-state index contributed by atoms with van der Waals surface area (Å²) >= 11 is 0. The second-order valence-corrected chi connectivity index (χ2v) is 7.45. The SMILES string of the molecule is CCCS(=O)(=O)N1CCN(C(=O)c2cccnc2)CC1.O=C(O)C(=O)O. The highest BCUT2D eigenvalue weighted by atomic mass is 32.2. The quantitative estimate of drug-likeness (QED) is 0.672. The van der Waals surface area contributed by atoms with Crippen LogP contribution in [0.25, 0.3) is 0 Å². The van der Waals surface area contributed by atoms with Gasteiger partial charge in [-0.25, -0.2) is 18.0 Å². The van der Waals surface area contributed by atoms with Crippen LogP contribution in [-0.4, -0.2) is 82.6 Å². The summed E-state index contributed by atoms with van der Waals surface area (Å²) in [6.45, 7) is 3.44. The molecule has 1 aromatic rings. The largest absolute Gasteiger partial charge is 0.473 e. The van der Waals surface area contributed by atoms with Gasteiger partial charge in [-0.15, -0.1) is 0 Å². The smallest absolute Gasteiger partial charge is 0.414 e. The van der Waals surface area contributed by atoms with Crippen LogP contribution in [-0.2, 0) is 19.6 Å². The zero-order valence-corrected chi connectivity index (χ0v) is 15.1. The Morgan fingerprint density at radius 2 is 1.69 bits per heavy atom. The molecule has 2 N–H and O–H groups in total. The lowest BCUT2D eigenvalue weighted by atomic mass is 10.2. The summed E-state index contributed by atoms with van der Waals surface area (Å²) in [5.74, 6) is -3.57. The Morgan fingerprint density at radius 1 is 1.12 bits per heavy atom. The third-order valence-corrected chi connectivity index (χ3v) is 5.55. The summed E-state index contributed by atoms with van der Waals surface area (Å²) in [7, 11) is -3.16. The molecule has 11 heteroatoms. The molecule has 2 heterocycles. The average molecular weight is 387 g/mol. The summed E-state index contributed by atoms with van der Waals surface area (Å²) in [5, 5.41) is 14.8. The molecule has 144 valence electrons. The van der Waals surface area contributed by atoms with E-state index in [1.807, 2.05) is 6.92 Å². The van der Waals surface area contributed by atoms with Gasteiger partial charge in [0.25, 0.3) is 5.91 Å². The maximum absolute atomic E-state index is 12.2. The number of sulfonamides is 1. The van der Waals surface area contributed by atoms with Gasteiger partial charge in [0.15, 0.2) is 0 Å². The number of carboxylic acids is 2. The van der Waals surface area contributed by atoms with Gasteiger partial charge in [0.2, 0.25) is 10.0 Å². The van der Waals surface area contributed by atoms with Crippen LogP contribution >= 0.6 is 0 Å². The molecule has 0 radical (unpaired) electrons. The minimum absolute atomic E-state index is 0.0920. The Bertz CT molecular complexity index is 717. The molecule has 0 bridgehead atoms. The maximum Gasteiger partial charge on any atom is 0.414 e. The lowest BCUT2D eigenvalue weighted by molar-refractivity contribution is -0.159. The summed E-state index contributed by atoms with van der Waals surface area (Å²) in [4.78, 5) is 36.0. The number of carbonyl (C=O) groups excluding carboxylic acids is 1. The predicted octanol–water partition coefficient (Wildman–Crippen LogP) is -0.265. The van der Waals surface area contributed by atoms with Crippen LogP contribution in [0.4, 0.5) is 0 Å². The van der Waals surface area contributed by atoms with Crippen LogP contribution in [0.1, 0.15) is 23.7 Å². The fourth-order valence-corrected chi connectivity index (χ4v) is 3.72. The Labute approximate surface area is 151 Å². The van der Waals surface area contributed by atoms with Crippen molar-refractivity contribution in [3.05, 3.63) is 30.1 Å². The summed E-state index contributed by atoms with van der Waals surface area (Å²) < 4.78 is 25.4. The Kier molecular flexibility index (Phi) is 8.13. The van der Waals surface area contributed by atoms with Crippen molar-refractivity contribution in [1.82, 2.24) is 14.2 Å². The Hall–Kier alpha value is -2.53. The molecular formula is C15H21N3O7S. The van der Waals surface area contributed by atoms with E-state index in [9.17, 15) is 13.2 Å². The highest BCUT2D eigenvalue weighted by Crippen LogP contribution is 2.11. The molecule has 0 unspecified atom stereocenters. The summed E-state index contributed by atoms with van der Waals surface area (Å²) in [6.07, 6.45) is 3.76. The van der Waals surface area contributed by atoms with E-state index in [2.05, 4.69) is 4.98 Å². The van der Waals surface area contributed by atoms with Crippen LogP contribution in [0, 0.1) is 0 Å². The molecule has 0 aromatic carbocycles. The first-order chi connectivity index (χ1) is 12.2. The third kappa shape index (κ3) is 6.41. The fourth-order valence-electron chi connectivity index (χ4n) is 2.23. The van der Waals surface area contributed by atoms with E-state index in [1.54, 1.807) is 23.2 Å². The number of carbonyl (C=O) groups is 3. The van der Waals surface area contributed by atoms with Crippen LogP contribution in [0.2, 0.25) is 0 Å². The predicted molar refractivity (Wildman–Crippen MR) is 91.1 cm³/mol. The lowest BCUT2D eigenvalue weighted by Gasteiger charge is -2.34. The normalized spacial score (nSPS) is 14.9. The number of hydrogen-bond donors (Lipinski definition) is 2. The third-order valence-electron chi connectivity index (χ3n) is 3.47. The first-order valence-electron chi connectivity index (χ1n) is 7.82. The average Bonchev–Trinajstić information content (AvgIpc) is 2.62. The van der Waals surface area contributed by atoms with Gasteiger partial charge in [-0.1, -0.05) is 6.92 Å². The van der Waals surface area contributed by atoms with Crippen molar-refractivity contribution in [3.8, 4) is 0 Å². The number of aromatic nitrogens is 1. The molecular weight excluding hydrogens is 366 g/mol. The molecule has 0 spiro atoms. The van der Waals surface area contributed by atoms with E-state index in [0.29, 0.717) is 38.2 Å². The first-order valence-corrected chi connectivity index (χ1v) is 9.43. The molecule has 10 nitrogen and oxygen atoms in total. The second kappa shape index (κ2) is 9.82. The van der Waals surface area contributed by atoms with Crippen LogP contribution in [0.5, 0.6) is 0 Å². The van der Waals surface area contributed by atoms with Crippen molar-refractivity contribution in [1.29, 1.82) is 0 Å². The standard InChI is InChI=1S/C13H19N3O3S.C2H2O4/c1-2-10-20(18,19)16-8-6-15(7-9-16)13(17)12-4-3-5-14-11-12;3-1(4)2(5)6/h3-5,11H,2,6-10H2,1H3;(H,3,4)(H,5,6). The van der Waals surface area contributed by atoms with Gasteiger partial charge in [0.1, 0.15) is 0 Å². The van der Waals surface area contributed by atoms with Gasteiger partial charge in [0, 0.05) is 38.6 Å². The summed E-state index contributed by atoms with van der Waals surface area (Å²) in [6, 6.07) is 3.44. The van der Waals surface area contributed by atoms with Gasteiger partial charge in [-0.2, -0.15) is 4.31 Å². The van der Waals surface area contributed by atoms with Crippen LogP contribution < -0.4 is 0 Å². The number of amides is 1. The monoisotopic (exact) mass is 387 g/mol. The molecule has 1 aliphatic heterocycles. The molecule has 0 atom stereocenters. The molecule has 1 aromatic heterocycles. The number of aliphatic carboxylic acids is 2. The summed E-state index contributed by atoms with van der Waals surface area (Å²) in [5.41, 5.74) is 0.539. The number of piperazine rings is 1. The van der Waals surface area contributed by atoms with E-state index < -0.39 is 22.0 Å². The number of rotatable bonds is 4. The second-order valence-electron chi connectivity index (χ2n) is 5.36. The van der Waals surface area contributed by atoms with E-state index >= 15 is 0 Å². The number of carboxylic acid groups (broad SMARTS) is 2. The lowest BCUT2D eigenvalue weighted by Crippen LogP contribution is -2.51. The first kappa shape index (κ1) is 21.5. The van der Waals surface area contributed by atoms with Crippen molar-refractivity contribution in [2.45, 2.75) is 13.3 Å². The molecule has 26 heavy (non-hydrogen) atoms. The zero-order valence-electron chi connectivity index (χ0n) is 14.2. The maximum atomic E-state index is 12.2. The van der Waals surface area contributed by atoms with Crippen molar-refractivity contribution in [2.75, 3.05) is 31.9 Å². The van der Waals surface area contributed by atoms with Gasteiger partial charge in [-0.3, -0.25) is 9.78 Å². The van der Waals surface area contributed by atoms with Crippen molar-refractivity contribution in [3.63, 3.8) is 0 Å². The highest BCUT2D eigenvalue weighted by molar-refractivity contribution is 7.89. The van der Waals surface area contributed by atoms with E-state index in [0.717, 1.165) is 0 Å². The van der Waals surface area contributed by atoms with E-state index in [-0.39, 0.29) is 11.7 Å². The number of nitrogens with zero attached hydrogens (tertiary/aromatic N) is 3. The molecule has 1 aliphatic rings. The van der Waals surface area contributed by atoms with Crippen LogP contribution in [0.3, 0.4) is 0 Å². The Morgan fingerprint density at radius 3 is 2.12 bits per heavy atom. The number of hydrogen-bond acceptors (Lipinski definition) is 6. The van der Waals surface area contributed by atoms with Crippen LogP contribution in [0.15, 0.2) is 24.5 Å². The van der Waals surface area contributed by atoms with Gasteiger partial charge < -0.3 is 15.1 Å². The minimum Gasteiger partial charge on any atom is -0.473 e. The van der Waals surface area contributed by atoms with E-state index in [1.165, 1.54) is 10.5 Å². The van der Waals surface area contributed by atoms with Gasteiger partial charge in [-0.05, 0) is 18.6 Å². The minimum atomic E-state index is -3.16. The molecule has 1 amide bonds. The van der Waals surface area contributed by atoms with Gasteiger partial charge >= 0.3 is 11.9 Å². The molecule has 1 saturated heterocycles. The molecule has 0 saturated carbocycles. The van der Waals surface area contributed by atoms with Crippen molar-refractivity contribution in [2.24, 2.45) is 0 Å². The number of pyridine rings is 1. The topological polar surface area (TPSA) is 145 Å². The molecule has 2 rings (SSSR count). The van der Waals surface area contributed by atoms with Crippen molar-refractivity contribution >= 4 is 27.9 Å². The fraction of sp³-hybridized carbons (Fsp3) is 0.467. The molecule has 0 aliphatic carbocycles. The Balaban J connectivity index is 0.000000487. The van der Waals surface area contributed by atoms with Gasteiger partial charge in [0.05, 0.1) is 11.3 Å². The highest BCUT2D eigenvalue weighted by Gasteiger charge is 2.28. The zero-order chi connectivity index (χ0) is 19.7.